The van der Waals surface area contributed by atoms with E-state index in [4.69, 9.17) is 9.15 Å². The van der Waals surface area contributed by atoms with Gasteiger partial charge >= 0.3 is 12.0 Å². The summed E-state index contributed by atoms with van der Waals surface area (Å²) in [5, 5.41) is 4.62. The molecule has 0 fully saturated rings. The number of benzene rings is 2. The van der Waals surface area contributed by atoms with E-state index in [0.29, 0.717) is 11.4 Å². The molecule has 0 aliphatic carbocycles. The maximum absolute atomic E-state index is 12.5. The van der Waals surface area contributed by atoms with Crippen LogP contribution in [-0.2, 0) is 26.1 Å². The number of carbonyl (C=O) groups is 3. The summed E-state index contributed by atoms with van der Waals surface area (Å²) in [6.45, 7) is 2.93. The van der Waals surface area contributed by atoms with Gasteiger partial charge in [0.05, 0.1) is 23.3 Å². The summed E-state index contributed by atoms with van der Waals surface area (Å²) in [6.07, 6.45) is 1.42. The number of aryl methyl sites for hydroxylation is 1. The van der Waals surface area contributed by atoms with Crippen molar-refractivity contribution < 1.29 is 32.0 Å². The Kier molecular flexibility index (Phi) is 7.82. The molecule has 2 aromatic carbocycles. The molecule has 1 heterocycles. The number of hydrogen-bond acceptors (Lipinski definition) is 7. The molecule has 0 bridgehead atoms. The van der Waals surface area contributed by atoms with E-state index in [1.165, 1.54) is 24.5 Å². The first kappa shape index (κ1) is 24.7. The third-order valence-corrected chi connectivity index (χ3v) is 6.24. The van der Waals surface area contributed by atoms with Crippen LogP contribution in [0.25, 0.3) is 0 Å². The van der Waals surface area contributed by atoms with Crippen LogP contribution in [-0.4, -0.2) is 32.9 Å². The molecule has 34 heavy (non-hydrogen) atoms. The van der Waals surface area contributed by atoms with Crippen molar-refractivity contribution in [2.45, 2.75) is 25.3 Å². The van der Waals surface area contributed by atoms with Crippen molar-refractivity contribution in [3.63, 3.8) is 0 Å². The summed E-state index contributed by atoms with van der Waals surface area (Å²) < 4.78 is 37.3. The molecular weight excluding hydrogens is 462 g/mol. The second-order valence-corrected chi connectivity index (χ2v) is 9.02. The lowest BCUT2D eigenvalue weighted by Gasteiger charge is -2.11. The van der Waals surface area contributed by atoms with Gasteiger partial charge in [-0.15, -0.1) is 0 Å². The number of amides is 3. The fourth-order valence-corrected chi connectivity index (χ4v) is 3.91. The molecule has 0 aliphatic heterocycles. The quantitative estimate of drug-likeness (QED) is 0.416. The average molecular weight is 486 g/mol. The van der Waals surface area contributed by atoms with Gasteiger partial charge < -0.3 is 14.5 Å². The van der Waals surface area contributed by atoms with Gasteiger partial charge in [0.15, 0.2) is 6.61 Å². The minimum absolute atomic E-state index is 0.0612. The molecular formula is C23H23N3O7S. The van der Waals surface area contributed by atoms with Crippen molar-refractivity contribution >= 4 is 33.6 Å². The number of urea groups is 1. The maximum Gasteiger partial charge on any atom is 0.338 e. The predicted molar refractivity (Wildman–Crippen MR) is 123 cm³/mol. The molecule has 0 saturated heterocycles. The van der Waals surface area contributed by atoms with Gasteiger partial charge in [0.2, 0.25) is 10.0 Å². The Hall–Kier alpha value is -3.96. The molecule has 3 N–H and O–H groups in total. The van der Waals surface area contributed by atoms with Gasteiger partial charge in [-0.3, -0.25) is 10.1 Å². The van der Waals surface area contributed by atoms with Crippen LogP contribution in [0.3, 0.4) is 0 Å². The molecule has 10 nitrogen and oxygen atoms in total. The Bertz CT molecular complexity index is 1300. The fourth-order valence-electron chi connectivity index (χ4n) is 2.87. The zero-order chi connectivity index (χ0) is 24.7. The van der Waals surface area contributed by atoms with Crippen LogP contribution in [0.1, 0.15) is 27.2 Å². The monoisotopic (exact) mass is 485 g/mol. The highest BCUT2D eigenvalue weighted by molar-refractivity contribution is 7.89. The molecule has 0 unspecified atom stereocenters. The molecule has 178 valence electrons. The molecule has 3 aromatic rings. The number of nitrogens with one attached hydrogen (secondary N) is 3. The van der Waals surface area contributed by atoms with E-state index in [0.717, 1.165) is 17.2 Å². The minimum atomic E-state index is -3.93. The van der Waals surface area contributed by atoms with Gasteiger partial charge in [-0.1, -0.05) is 18.2 Å². The second kappa shape index (κ2) is 10.8. The Morgan fingerprint density at radius 1 is 1.00 bits per heavy atom. The van der Waals surface area contributed by atoms with Crippen LogP contribution in [0, 0.1) is 13.8 Å². The van der Waals surface area contributed by atoms with Crippen molar-refractivity contribution in [1.29, 1.82) is 0 Å². The molecule has 0 spiro atoms. The van der Waals surface area contributed by atoms with Crippen molar-refractivity contribution in [2.24, 2.45) is 0 Å². The van der Waals surface area contributed by atoms with E-state index >= 15 is 0 Å². The van der Waals surface area contributed by atoms with Crippen molar-refractivity contribution in [1.82, 2.24) is 10.0 Å². The first-order chi connectivity index (χ1) is 16.2. The number of esters is 1. The lowest BCUT2D eigenvalue weighted by Crippen LogP contribution is -2.37. The summed E-state index contributed by atoms with van der Waals surface area (Å²) >= 11 is 0. The SMILES string of the molecule is Cc1cccc(NC(=O)NC(=O)COC(=O)c2cccc(S(=O)(=O)NCc3ccco3)c2)c1C. The number of carbonyl (C=O) groups excluding carboxylic acids is 3. The molecule has 0 radical (unpaired) electrons. The highest BCUT2D eigenvalue weighted by Gasteiger charge is 2.18. The largest absolute Gasteiger partial charge is 0.468 e. The molecule has 0 atom stereocenters. The topological polar surface area (TPSA) is 144 Å². The number of rotatable bonds is 8. The highest BCUT2D eigenvalue weighted by Crippen LogP contribution is 2.17. The van der Waals surface area contributed by atoms with E-state index in [1.807, 2.05) is 19.9 Å². The van der Waals surface area contributed by atoms with Crippen molar-refractivity contribution in [3.05, 3.63) is 83.3 Å². The first-order valence-electron chi connectivity index (χ1n) is 10.1. The smallest absolute Gasteiger partial charge is 0.338 e. The summed E-state index contributed by atoms with van der Waals surface area (Å²) in [4.78, 5) is 36.2. The van der Waals surface area contributed by atoms with Crippen LogP contribution in [0.15, 0.2) is 70.2 Å². The molecule has 3 rings (SSSR count). The first-order valence-corrected chi connectivity index (χ1v) is 11.6. The highest BCUT2D eigenvalue weighted by atomic mass is 32.2. The predicted octanol–water partition coefficient (Wildman–Crippen LogP) is 2.88. The maximum atomic E-state index is 12.5. The van der Waals surface area contributed by atoms with Crippen molar-refractivity contribution in [3.8, 4) is 0 Å². The Morgan fingerprint density at radius 3 is 2.50 bits per heavy atom. The number of imide groups is 1. The van der Waals surface area contributed by atoms with Gasteiger partial charge in [0.1, 0.15) is 5.76 Å². The van der Waals surface area contributed by atoms with Crippen LogP contribution < -0.4 is 15.4 Å². The Balaban J connectivity index is 1.53. The zero-order valence-electron chi connectivity index (χ0n) is 18.5. The van der Waals surface area contributed by atoms with Gasteiger partial charge in [0, 0.05) is 5.69 Å². The Morgan fingerprint density at radius 2 is 1.76 bits per heavy atom. The van der Waals surface area contributed by atoms with Gasteiger partial charge in [-0.2, -0.15) is 0 Å². The standard InChI is InChI=1S/C23H23N3O7S/c1-15-6-3-10-20(16(15)2)25-23(29)26-21(27)14-33-22(28)17-7-4-9-19(12-17)34(30,31)24-13-18-8-5-11-32-18/h3-12,24H,13-14H2,1-2H3,(H2,25,26,27,29). The van der Waals surface area contributed by atoms with E-state index in [2.05, 4.69) is 15.4 Å². The second-order valence-electron chi connectivity index (χ2n) is 7.26. The van der Waals surface area contributed by atoms with Crippen LogP contribution in [0.2, 0.25) is 0 Å². The fraction of sp³-hybridized carbons (Fsp3) is 0.174. The number of ether oxygens (including phenoxy) is 1. The summed E-state index contributed by atoms with van der Waals surface area (Å²) in [5.74, 6) is -1.35. The molecule has 0 saturated carbocycles. The molecule has 1 aromatic heterocycles. The summed E-state index contributed by atoms with van der Waals surface area (Å²) in [7, 11) is -3.93. The number of anilines is 1. The van der Waals surface area contributed by atoms with Crippen LogP contribution >= 0.6 is 0 Å². The van der Waals surface area contributed by atoms with Gasteiger partial charge in [-0.25, -0.2) is 22.7 Å². The third kappa shape index (κ3) is 6.53. The van der Waals surface area contributed by atoms with Crippen LogP contribution in [0.4, 0.5) is 10.5 Å². The number of sulfonamides is 1. The normalized spacial score (nSPS) is 11.0. The van der Waals surface area contributed by atoms with Crippen molar-refractivity contribution in [2.75, 3.05) is 11.9 Å². The van der Waals surface area contributed by atoms with E-state index in [-0.39, 0.29) is 17.0 Å². The molecule has 0 aliphatic rings. The van der Waals surface area contributed by atoms with E-state index in [9.17, 15) is 22.8 Å². The van der Waals surface area contributed by atoms with Gasteiger partial charge in [-0.05, 0) is 61.4 Å². The number of furan rings is 1. The number of hydrogen-bond donors (Lipinski definition) is 3. The Labute approximate surface area is 196 Å². The third-order valence-electron chi connectivity index (χ3n) is 4.84. The molecule has 3 amide bonds. The lowest BCUT2D eigenvalue weighted by molar-refractivity contribution is -0.123. The molecule has 11 heteroatoms. The van der Waals surface area contributed by atoms with E-state index in [1.54, 1.807) is 24.3 Å². The average Bonchev–Trinajstić information content (AvgIpc) is 3.33. The minimum Gasteiger partial charge on any atom is -0.468 e. The van der Waals surface area contributed by atoms with E-state index < -0.39 is 34.5 Å². The summed E-state index contributed by atoms with van der Waals surface area (Å²) in [6, 6.07) is 13.0. The lowest BCUT2D eigenvalue weighted by atomic mass is 10.1. The van der Waals surface area contributed by atoms with Crippen LogP contribution in [0.5, 0.6) is 0 Å². The summed E-state index contributed by atoms with van der Waals surface area (Å²) in [5.41, 5.74) is 2.29. The van der Waals surface area contributed by atoms with Gasteiger partial charge in [0.25, 0.3) is 5.91 Å². The zero-order valence-corrected chi connectivity index (χ0v) is 19.3.